The third kappa shape index (κ3) is 3.27. The fourth-order valence-corrected chi connectivity index (χ4v) is 2.95. The molecule has 3 heteroatoms. The number of fused-ring (bicyclic) bond motifs is 1. The molecule has 0 bridgehead atoms. The molecule has 0 aromatic heterocycles. The van der Waals surface area contributed by atoms with Gasteiger partial charge in [0, 0.05) is 5.56 Å². The average Bonchev–Trinajstić information content (AvgIpc) is 2.53. The molecule has 0 saturated carbocycles. The van der Waals surface area contributed by atoms with Crippen LogP contribution in [0.4, 0.5) is 0 Å². The van der Waals surface area contributed by atoms with E-state index < -0.39 is 0 Å². The zero-order valence-corrected chi connectivity index (χ0v) is 12.5. The maximum atomic E-state index is 12.1. The van der Waals surface area contributed by atoms with E-state index in [4.69, 9.17) is 16.3 Å². The highest BCUT2D eigenvalue weighted by molar-refractivity contribution is 6.34. The van der Waals surface area contributed by atoms with Crippen molar-refractivity contribution in [1.82, 2.24) is 0 Å². The summed E-state index contributed by atoms with van der Waals surface area (Å²) in [7, 11) is 0. The molecule has 2 aromatic rings. The Labute approximate surface area is 129 Å². The van der Waals surface area contributed by atoms with Crippen molar-refractivity contribution in [3.63, 3.8) is 0 Å². The molecule has 108 valence electrons. The molecule has 0 heterocycles. The molecule has 3 rings (SSSR count). The lowest BCUT2D eigenvalue weighted by Crippen LogP contribution is -2.12. The first-order valence-corrected chi connectivity index (χ1v) is 7.64. The van der Waals surface area contributed by atoms with Gasteiger partial charge in [0.2, 0.25) is 5.78 Å². The predicted octanol–water partition coefficient (Wildman–Crippen LogP) is 4.48. The first-order chi connectivity index (χ1) is 10.2. The third-order valence-electron chi connectivity index (χ3n) is 3.86. The van der Waals surface area contributed by atoms with Crippen LogP contribution in [0.2, 0.25) is 5.02 Å². The van der Waals surface area contributed by atoms with Crippen LogP contribution in [-0.4, -0.2) is 12.4 Å². The highest BCUT2D eigenvalue weighted by Gasteiger charge is 2.12. The number of Topliss-reactive ketones (excluding diaryl/α,β-unsaturated/α-hetero) is 1. The van der Waals surface area contributed by atoms with Crippen LogP contribution in [0.15, 0.2) is 42.5 Å². The van der Waals surface area contributed by atoms with Crippen LogP contribution < -0.4 is 4.74 Å². The third-order valence-corrected chi connectivity index (χ3v) is 4.19. The molecule has 1 aliphatic rings. The number of carbonyl (C=O) groups is 1. The summed E-state index contributed by atoms with van der Waals surface area (Å²) in [5.74, 6) is 0.661. The van der Waals surface area contributed by atoms with Crippen LogP contribution in [-0.2, 0) is 12.8 Å². The maximum absolute atomic E-state index is 12.1. The van der Waals surface area contributed by atoms with Crippen molar-refractivity contribution in [1.29, 1.82) is 0 Å². The lowest BCUT2D eigenvalue weighted by Gasteiger charge is -2.16. The number of rotatable bonds is 4. The largest absolute Gasteiger partial charge is 0.485 e. The van der Waals surface area contributed by atoms with Gasteiger partial charge in [-0.15, -0.1) is 0 Å². The summed E-state index contributed by atoms with van der Waals surface area (Å²) in [5.41, 5.74) is 3.27. The van der Waals surface area contributed by atoms with E-state index in [9.17, 15) is 4.79 Å². The number of aryl methyl sites for hydroxylation is 2. The van der Waals surface area contributed by atoms with Crippen LogP contribution >= 0.6 is 11.6 Å². The van der Waals surface area contributed by atoms with Crippen molar-refractivity contribution in [3.8, 4) is 5.75 Å². The van der Waals surface area contributed by atoms with Crippen molar-refractivity contribution in [2.75, 3.05) is 6.61 Å². The van der Waals surface area contributed by atoms with Gasteiger partial charge >= 0.3 is 0 Å². The topological polar surface area (TPSA) is 26.3 Å². The lowest BCUT2D eigenvalue weighted by atomic mass is 9.92. The van der Waals surface area contributed by atoms with E-state index in [1.807, 2.05) is 12.1 Å². The van der Waals surface area contributed by atoms with Crippen molar-refractivity contribution in [2.24, 2.45) is 0 Å². The SMILES string of the molecule is O=C(COc1ccc2c(c1)CCCC2)c1ccccc1Cl. The first-order valence-electron chi connectivity index (χ1n) is 7.26. The van der Waals surface area contributed by atoms with E-state index in [1.165, 1.54) is 24.0 Å². The second-order valence-corrected chi connectivity index (χ2v) is 5.74. The molecule has 0 unspecified atom stereocenters. The Kier molecular flexibility index (Phi) is 4.26. The van der Waals surface area contributed by atoms with Gasteiger partial charge in [0.1, 0.15) is 5.75 Å². The first kappa shape index (κ1) is 14.2. The van der Waals surface area contributed by atoms with Crippen molar-refractivity contribution in [3.05, 3.63) is 64.2 Å². The smallest absolute Gasteiger partial charge is 0.201 e. The number of hydrogen-bond acceptors (Lipinski definition) is 2. The van der Waals surface area contributed by atoms with E-state index in [2.05, 4.69) is 12.1 Å². The van der Waals surface area contributed by atoms with Gasteiger partial charge in [-0.3, -0.25) is 4.79 Å². The number of hydrogen-bond donors (Lipinski definition) is 0. The molecule has 0 fully saturated rings. The molecule has 1 aliphatic carbocycles. The van der Waals surface area contributed by atoms with Crippen LogP contribution in [0.25, 0.3) is 0 Å². The summed E-state index contributed by atoms with van der Waals surface area (Å²) in [4.78, 5) is 12.1. The average molecular weight is 301 g/mol. The van der Waals surface area contributed by atoms with Gasteiger partial charge in [-0.25, -0.2) is 0 Å². The Hall–Kier alpha value is -1.80. The van der Waals surface area contributed by atoms with Crippen molar-refractivity contribution in [2.45, 2.75) is 25.7 Å². The van der Waals surface area contributed by atoms with E-state index in [-0.39, 0.29) is 12.4 Å². The Morgan fingerprint density at radius 3 is 2.62 bits per heavy atom. The number of carbonyl (C=O) groups excluding carboxylic acids is 1. The van der Waals surface area contributed by atoms with Crippen LogP contribution in [0.1, 0.15) is 34.3 Å². The minimum atomic E-state index is -0.0988. The molecule has 0 amide bonds. The molecule has 0 saturated heterocycles. The lowest BCUT2D eigenvalue weighted by molar-refractivity contribution is 0.0921. The minimum absolute atomic E-state index is 0.0164. The molecular weight excluding hydrogens is 284 g/mol. The summed E-state index contributed by atoms with van der Waals surface area (Å²) in [6, 6.07) is 13.2. The van der Waals surface area contributed by atoms with Crippen LogP contribution in [0.5, 0.6) is 5.75 Å². The van der Waals surface area contributed by atoms with E-state index in [0.717, 1.165) is 18.6 Å². The fraction of sp³-hybridized carbons (Fsp3) is 0.278. The minimum Gasteiger partial charge on any atom is -0.485 e. The summed E-state index contributed by atoms with van der Waals surface area (Å²) < 4.78 is 5.64. The molecule has 0 radical (unpaired) electrons. The quantitative estimate of drug-likeness (QED) is 0.778. The molecule has 21 heavy (non-hydrogen) atoms. The fourth-order valence-electron chi connectivity index (χ4n) is 2.71. The summed E-state index contributed by atoms with van der Waals surface area (Å²) in [6.07, 6.45) is 4.74. The molecule has 0 spiro atoms. The van der Waals surface area contributed by atoms with Crippen molar-refractivity contribution < 1.29 is 9.53 Å². The van der Waals surface area contributed by atoms with Gasteiger partial charge in [-0.2, -0.15) is 0 Å². The zero-order chi connectivity index (χ0) is 14.7. The second kappa shape index (κ2) is 6.31. The van der Waals surface area contributed by atoms with Crippen LogP contribution in [0.3, 0.4) is 0 Å². The molecule has 2 aromatic carbocycles. The van der Waals surface area contributed by atoms with Gasteiger partial charge in [-0.1, -0.05) is 29.8 Å². The van der Waals surface area contributed by atoms with Crippen LogP contribution in [0, 0.1) is 0 Å². The Balaban J connectivity index is 1.68. The summed E-state index contributed by atoms with van der Waals surface area (Å²) in [5, 5.41) is 0.469. The monoisotopic (exact) mass is 300 g/mol. The number of ether oxygens (including phenoxy) is 1. The molecular formula is C18H17ClO2. The molecule has 2 nitrogen and oxygen atoms in total. The highest BCUT2D eigenvalue weighted by atomic mass is 35.5. The standard InChI is InChI=1S/C18H17ClO2/c19-17-8-4-3-7-16(17)18(20)12-21-15-10-9-13-5-1-2-6-14(13)11-15/h3-4,7-11H,1-2,5-6,12H2. The molecule has 0 aliphatic heterocycles. The second-order valence-electron chi connectivity index (χ2n) is 5.33. The summed E-state index contributed by atoms with van der Waals surface area (Å²) in [6.45, 7) is 0.0164. The highest BCUT2D eigenvalue weighted by Crippen LogP contribution is 2.25. The van der Waals surface area contributed by atoms with Gasteiger partial charge in [-0.05, 0) is 61.1 Å². The molecule has 0 N–H and O–H groups in total. The summed E-state index contributed by atoms with van der Waals surface area (Å²) >= 11 is 6.02. The van der Waals surface area contributed by atoms with E-state index in [0.29, 0.717) is 10.6 Å². The molecule has 0 atom stereocenters. The Bertz CT molecular complexity index is 664. The van der Waals surface area contributed by atoms with E-state index in [1.54, 1.807) is 18.2 Å². The normalized spacial score (nSPS) is 13.6. The van der Waals surface area contributed by atoms with Gasteiger partial charge in [0.05, 0.1) is 5.02 Å². The van der Waals surface area contributed by atoms with Crippen molar-refractivity contribution >= 4 is 17.4 Å². The zero-order valence-electron chi connectivity index (χ0n) is 11.8. The Morgan fingerprint density at radius 1 is 1.05 bits per heavy atom. The van der Waals surface area contributed by atoms with Gasteiger partial charge < -0.3 is 4.74 Å². The number of benzene rings is 2. The van der Waals surface area contributed by atoms with Gasteiger partial charge in [0.15, 0.2) is 6.61 Å². The van der Waals surface area contributed by atoms with Gasteiger partial charge in [0.25, 0.3) is 0 Å². The number of halogens is 1. The predicted molar refractivity (Wildman–Crippen MR) is 84.4 cm³/mol. The Morgan fingerprint density at radius 2 is 1.81 bits per heavy atom. The number of ketones is 1. The van der Waals surface area contributed by atoms with E-state index >= 15 is 0 Å². The maximum Gasteiger partial charge on any atom is 0.201 e.